The zero-order valence-electron chi connectivity index (χ0n) is 17.6. The number of hydrogen-bond donors (Lipinski definition) is 3. The average Bonchev–Trinajstić information content (AvgIpc) is 2.89. The van der Waals surface area contributed by atoms with Crippen molar-refractivity contribution in [2.45, 2.75) is 64.5 Å². The van der Waals surface area contributed by atoms with Crippen LogP contribution in [-0.2, 0) is 4.79 Å². The Bertz CT molecular complexity index is 595. The number of hydrogen-bond acceptors (Lipinski definition) is 4. The fourth-order valence-corrected chi connectivity index (χ4v) is 3.58. The summed E-state index contributed by atoms with van der Waals surface area (Å²) in [5.74, 6) is 0.491. The van der Waals surface area contributed by atoms with Crippen LogP contribution >= 0.6 is 0 Å². The number of nitrogens with zero attached hydrogens (tertiary/aromatic N) is 3. The van der Waals surface area contributed by atoms with Crippen molar-refractivity contribution in [1.82, 2.24) is 25.8 Å². The summed E-state index contributed by atoms with van der Waals surface area (Å²) in [5, 5.41) is 9.30. The minimum Gasteiger partial charge on any atom is -0.357 e. The smallest absolute Gasteiger partial charge is 0.325 e. The number of guanidine groups is 1. The van der Waals surface area contributed by atoms with Crippen LogP contribution in [0.25, 0.3) is 0 Å². The first-order chi connectivity index (χ1) is 13.8. The molecule has 1 atom stereocenters. The van der Waals surface area contributed by atoms with Gasteiger partial charge in [0.25, 0.3) is 12.3 Å². The molecule has 0 spiro atoms. The Hall–Kier alpha value is -1.97. The molecule has 2 fully saturated rings. The second-order valence-corrected chi connectivity index (χ2v) is 7.80. The van der Waals surface area contributed by atoms with E-state index in [-0.39, 0.29) is 24.5 Å². The van der Waals surface area contributed by atoms with Crippen molar-refractivity contribution in [3.05, 3.63) is 0 Å². The van der Waals surface area contributed by atoms with Gasteiger partial charge in [0.2, 0.25) is 0 Å². The topological polar surface area (TPSA) is 89.1 Å². The summed E-state index contributed by atoms with van der Waals surface area (Å²) in [5.41, 5.74) is -0.810. The number of nitrogens with one attached hydrogen (secondary N) is 3. The summed E-state index contributed by atoms with van der Waals surface area (Å²) < 4.78 is 25.0. The number of amides is 3. The number of carbonyl (C=O) groups excluding carboxylic acids is 2. The highest BCUT2D eigenvalue weighted by molar-refractivity contribution is 6.06. The van der Waals surface area contributed by atoms with E-state index in [2.05, 4.69) is 20.9 Å². The van der Waals surface area contributed by atoms with Gasteiger partial charge in [-0.15, -0.1) is 0 Å². The van der Waals surface area contributed by atoms with Crippen LogP contribution in [0.4, 0.5) is 13.6 Å². The minimum atomic E-state index is -2.29. The standard InChI is InChI=1S/C19H34F2N6O2/c1-4-19(3)16(28)27(18(29)25-19)10-6-9-23-17(22-5-2)24-14-7-11-26(12-8-14)13-15(20)21/h14-15H,4-13H2,1-3H3,(H,25,29)(H2,22,23,24). The normalized spacial score (nSPS) is 24.3. The second-order valence-electron chi connectivity index (χ2n) is 7.80. The molecule has 2 saturated heterocycles. The van der Waals surface area contributed by atoms with Gasteiger partial charge in [0.1, 0.15) is 5.54 Å². The first kappa shape index (κ1) is 23.3. The van der Waals surface area contributed by atoms with Crippen LogP contribution in [-0.4, -0.2) is 85.0 Å². The first-order valence-corrected chi connectivity index (χ1v) is 10.5. The highest BCUT2D eigenvalue weighted by atomic mass is 19.3. The zero-order chi connectivity index (χ0) is 21.4. The Morgan fingerprint density at radius 1 is 1.31 bits per heavy atom. The van der Waals surface area contributed by atoms with Crippen molar-refractivity contribution in [2.24, 2.45) is 4.99 Å². The molecule has 0 aromatic carbocycles. The molecule has 0 bridgehead atoms. The Labute approximate surface area is 171 Å². The number of piperidine rings is 1. The van der Waals surface area contributed by atoms with E-state index in [1.807, 2.05) is 13.8 Å². The largest absolute Gasteiger partial charge is 0.357 e. The molecule has 0 aromatic rings. The summed E-state index contributed by atoms with van der Waals surface area (Å²) in [7, 11) is 0. The average molecular weight is 417 g/mol. The van der Waals surface area contributed by atoms with Gasteiger partial charge in [-0.25, -0.2) is 13.6 Å². The lowest BCUT2D eigenvalue weighted by Crippen LogP contribution is -2.49. The van der Waals surface area contributed by atoms with Crippen molar-refractivity contribution in [1.29, 1.82) is 0 Å². The van der Waals surface area contributed by atoms with Crippen LogP contribution in [0.1, 0.15) is 46.5 Å². The van der Waals surface area contributed by atoms with Gasteiger partial charge in [-0.3, -0.25) is 19.6 Å². The Balaban J connectivity index is 1.78. The lowest BCUT2D eigenvalue weighted by Gasteiger charge is -2.32. The zero-order valence-corrected chi connectivity index (χ0v) is 17.6. The number of alkyl halides is 2. The number of carbonyl (C=O) groups is 2. The third kappa shape index (κ3) is 6.52. The summed E-state index contributed by atoms with van der Waals surface area (Å²) in [6, 6.07) is -0.151. The summed E-state index contributed by atoms with van der Waals surface area (Å²) in [6.45, 7) is 8.21. The molecule has 10 heteroatoms. The number of imide groups is 1. The molecule has 0 saturated carbocycles. The van der Waals surface area contributed by atoms with Gasteiger partial charge < -0.3 is 16.0 Å². The maximum absolute atomic E-state index is 12.5. The maximum atomic E-state index is 12.5. The maximum Gasteiger partial charge on any atom is 0.325 e. The molecule has 3 amide bonds. The molecule has 166 valence electrons. The SMILES string of the molecule is CCNC(=NCCCN1C(=O)NC(C)(CC)C1=O)NC1CCN(CC(F)F)CC1. The van der Waals surface area contributed by atoms with Crippen LogP contribution in [0.5, 0.6) is 0 Å². The van der Waals surface area contributed by atoms with Crippen LogP contribution < -0.4 is 16.0 Å². The fourth-order valence-electron chi connectivity index (χ4n) is 3.58. The van der Waals surface area contributed by atoms with Gasteiger partial charge in [0.05, 0.1) is 6.54 Å². The van der Waals surface area contributed by atoms with Crippen LogP contribution in [0.2, 0.25) is 0 Å². The molecule has 2 aliphatic rings. The second kappa shape index (κ2) is 10.7. The van der Waals surface area contributed by atoms with Gasteiger partial charge in [0.15, 0.2) is 5.96 Å². The van der Waals surface area contributed by atoms with Crippen molar-refractivity contribution in [3.63, 3.8) is 0 Å². The van der Waals surface area contributed by atoms with E-state index in [0.717, 1.165) is 12.8 Å². The van der Waals surface area contributed by atoms with Crippen LogP contribution in [0, 0.1) is 0 Å². The van der Waals surface area contributed by atoms with Crippen molar-refractivity contribution in [2.75, 3.05) is 39.3 Å². The number of urea groups is 1. The molecule has 2 rings (SSSR count). The third-order valence-corrected chi connectivity index (χ3v) is 5.53. The number of rotatable bonds is 9. The van der Waals surface area contributed by atoms with Crippen molar-refractivity contribution >= 4 is 17.9 Å². The van der Waals surface area contributed by atoms with Crippen LogP contribution in [0.15, 0.2) is 4.99 Å². The molecule has 29 heavy (non-hydrogen) atoms. The van der Waals surface area contributed by atoms with E-state index in [1.54, 1.807) is 11.8 Å². The monoisotopic (exact) mass is 416 g/mol. The Morgan fingerprint density at radius 3 is 2.55 bits per heavy atom. The summed E-state index contributed by atoms with van der Waals surface area (Å²) in [4.78, 5) is 32.0. The van der Waals surface area contributed by atoms with Crippen LogP contribution in [0.3, 0.4) is 0 Å². The highest BCUT2D eigenvalue weighted by Gasteiger charge is 2.45. The Morgan fingerprint density at radius 2 is 2.00 bits per heavy atom. The van der Waals surface area contributed by atoms with E-state index in [1.165, 1.54) is 4.90 Å². The lowest BCUT2D eigenvalue weighted by molar-refractivity contribution is -0.130. The van der Waals surface area contributed by atoms with Crippen molar-refractivity contribution in [3.8, 4) is 0 Å². The van der Waals surface area contributed by atoms with Gasteiger partial charge in [0, 0.05) is 38.8 Å². The van der Waals surface area contributed by atoms with Gasteiger partial charge in [-0.1, -0.05) is 6.92 Å². The molecule has 8 nitrogen and oxygen atoms in total. The Kier molecular flexibility index (Phi) is 8.60. The summed E-state index contributed by atoms with van der Waals surface area (Å²) in [6.07, 6.45) is 0.405. The fraction of sp³-hybridized carbons (Fsp3) is 0.842. The molecular formula is C19H34F2N6O2. The predicted octanol–water partition coefficient (Wildman–Crippen LogP) is 1.38. The highest BCUT2D eigenvalue weighted by Crippen LogP contribution is 2.20. The van der Waals surface area contributed by atoms with E-state index in [9.17, 15) is 18.4 Å². The van der Waals surface area contributed by atoms with Gasteiger partial charge >= 0.3 is 6.03 Å². The molecule has 0 aliphatic carbocycles. The van der Waals surface area contributed by atoms with E-state index < -0.39 is 12.0 Å². The molecule has 0 aromatic heterocycles. The lowest BCUT2D eigenvalue weighted by atomic mass is 9.99. The quantitative estimate of drug-likeness (QED) is 0.229. The summed E-state index contributed by atoms with van der Waals surface area (Å²) >= 11 is 0. The van der Waals surface area contributed by atoms with Crippen molar-refractivity contribution < 1.29 is 18.4 Å². The molecule has 2 heterocycles. The number of aliphatic imine (C=N–C) groups is 1. The van der Waals surface area contributed by atoms with E-state index >= 15 is 0 Å². The first-order valence-electron chi connectivity index (χ1n) is 10.5. The minimum absolute atomic E-state index is 0.166. The van der Waals surface area contributed by atoms with E-state index in [0.29, 0.717) is 51.5 Å². The van der Waals surface area contributed by atoms with E-state index in [4.69, 9.17) is 0 Å². The number of halogens is 2. The molecular weight excluding hydrogens is 382 g/mol. The molecule has 2 aliphatic heterocycles. The third-order valence-electron chi connectivity index (χ3n) is 5.53. The molecule has 0 radical (unpaired) electrons. The van der Waals surface area contributed by atoms with Gasteiger partial charge in [-0.2, -0.15) is 0 Å². The molecule has 1 unspecified atom stereocenters. The predicted molar refractivity (Wildman–Crippen MR) is 108 cm³/mol. The molecule has 3 N–H and O–H groups in total. The van der Waals surface area contributed by atoms with Gasteiger partial charge in [-0.05, 0) is 39.5 Å². The number of likely N-dealkylation sites (tertiary alicyclic amines) is 1.